The molecule has 1 saturated heterocycles. The van der Waals surface area contributed by atoms with Crippen LogP contribution in [0.25, 0.3) is 0 Å². The highest BCUT2D eigenvalue weighted by atomic mass is 33.1. The quantitative estimate of drug-likeness (QED) is 0.304. The average Bonchev–Trinajstić information content (AvgIpc) is 3.60. The number of carboxylic acids is 2. The molecule has 1 saturated carbocycles. The number of carbonyl (C=O) groups is 4. The molecule has 184 valence electrons. The molecule has 1 aromatic rings. The van der Waals surface area contributed by atoms with E-state index < -0.39 is 35.7 Å². The summed E-state index contributed by atoms with van der Waals surface area (Å²) in [6.07, 6.45) is 3.19. The average molecular weight is 511 g/mol. The van der Waals surface area contributed by atoms with Crippen LogP contribution in [0.1, 0.15) is 37.8 Å². The maximum atomic E-state index is 14.6. The number of likely N-dealkylation sites (tertiary alicyclic amines) is 1. The van der Waals surface area contributed by atoms with Crippen molar-refractivity contribution in [3.05, 3.63) is 47.3 Å². The largest absolute Gasteiger partial charge is 0.480 e. The standard InChI is InChI=1S/C23H27FN2O6S2/c1-13(27)25-18(23(31)32)12-33-34-19-8-9-26(11-15(19)10-20(28)29)21(22(30)14-6-7-14)16-4-2-3-5-17(16)24/h2-5,10,14,18-19,21H,6-9,11-12H2,1H3,(H,25,27)(H,28,29)(H,31,32)/b15-10-/t18-,19?,21?/m0/s1. The van der Waals surface area contributed by atoms with Gasteiger partial charge >= 0.3 is 11.9 Å². The van der Waals surface area contributed by atoms with Gasteiger partial charge in [-0.1, -0.05) is 39.8 Å². The summed E-state index contributed by atoms with van der Waals surface area (Å²) in [5.41, 5.74) is 0.877. The highest BCUT2D eigenvalue weighted by molar-refractivity contribution is 8.77. The van der Waals surface area contributed by atoms with Crippen molar-refractivity contribution in [1.29, 1.82) is 0 Å². The predicted octanol–water partition coefficient (Wildman–Crippen LogP) is 2.90. The van der Waals surface area contributed by atoms with Gasteiger partial charge in [0.2, 0.25) is 5.91 Å². The Balaban J connectivity index is 1.74. The van der Waals surface area contributed by atoms with E-state index in [4.69, 9.17) is 0 Å². The van der Waals surface area contributed by atoms with E-state index in [9.17, 15) is 33.8 Å². The summed E-state index contributed by atoms with van der Waals surface area (Å²) in [4.78, 5) is 49.0. The van der Waals surface area contributed by atoms with Gasteiger partial charge in [0.15, 0.2) is 5.78 Å². The van der Waals surface area contributed by atoms with Crippen LogP contribution in [0.5, 0.6) is 0 Å². The molecule has 1 amide bonds. The molecule has 8 nitrogen and oxygen atoms in total. The van der Waals surface area contributed by atoms with Gasteiger partial charge in [-0.2, -0.15) is 0 Å². The summed E-state index contributed by atoms with van der Waals surface area (Å²) in [6.45, 7) is 1.89. The Morgan fingerprint density at radius 1 is 1.21 bits per heavy atom. The predicted molar refractivity (Wildman–Crippen MR) is 128 cm³/mol. The number of halogens is 1. The molecule has 2 aliphatic rings. The zero-order valence-corrected chi connectivity index (χ0v) is 20.2. The number of benzene rings is 1. The summed E-state index contributed by atoms with van der Waals surface area (Å²) in [5, 5.41) is 20.8. The molecule has 1 aliphatic heterocycles. The normalized spacial score (nSPS) is 21.6. The minimum Gasteiger partial charge on any atom is -0.480 e. The first-order valence-corrected chi connectivity index (χ1v) is 13.3. The molecule has 1 aliphatic carbocycles. The van der Waals surface area contributed by atoms with Crippen LogP contribution in [-0.4, -0.2) is 68.9 Å². The van der Waals surface area contributed by atoms with E-state index in [1.54, 1.807) is 18.2 Å². The van der Waals surface area contributed by atoms with Crippen molar-refractivity contribution < 1.29 is 33.8 Å². The zero-order valence-electron chi connectivity index (χ0n) is 18.6. The lowest BCUT2D eigenvalue weighted by Crippen LogP contribution is -2.43. The third-order valence-electron chi connectivity index (χ3n) is 5.70. The smallest absolute Gasteiger partial charge is 0.328 e. The Bertz CT molecular complexity index is 984. The fraction of sp³-hybridized carbons (Fsp3) is 0.478. The number of ketones is 1. The molecule has 2 fully saturated rings. The number of amides is 1. The summed E-state index contributed by atoms with van der Waals surface area (Å²) in [6, 6.07) is 4.35. The lowest BCUT2D eigenvalue weighted by molar-refractivity contribution is -0.140. The van der Waals surface area contributed by atoms with E-state index in [2.05, 4.69) is 5.32 Å². The number of rotatable bonds is 11. The van der Waals surface area contributed by atoms with Gasteiger partial charge < -0.3 is 15.5 Å². The van der Waals surface area contributed by atoms with Crippen LogP contribution >= 0.6 is 21.6 Å². The van der Waals surface area contributed by atoms with E-state index in [1.165, 1.54) is 34.6 Å². The fourth-order valence-electron chi connectivity index (χ4n) is 3.94. The van der Waals surface area contributed by atoms with Crippen molar-refractivity contribution in [2.75, 3.05) is 18.8 Å². The van der Waals surface area contributed by atoms with Gasteiger partial charge in [-0.05, 0) is 30.9 Å². The Morgan fingerprint density at radius 2 is 1.91 bits per heavy atom. The third-order valence-corrected chi connectivity index (χ3v) is 8.58. The van der Waals surface area contributed by atoms with Crippen LogP contribution in [-0.2, 0) is 19.2 Å². The molecule has 3 rings (SSSR count). The first-order chi connectivity index (χ1) is 16.2. The fourth-order valence-corrected chi connectivity index (χ4v) is 6.81. The highest BCUT2D eigenvalue weighted by Crippen LogP contribution is 2.42. The summed E-state index contributed by atoms with van der Waals surface area (Å²) < 4.78 is 14.6. The summed E-state index contributed by atoms with van der Waals surface area (Å²) in [7, 11) is 2.59. The molecule has 0 bridgehead atoms. The summed E-state index contributed by atoms with van der Waals surface area (Å²) in [5.74, 6) is -3.21. The lowest BCUT2D eigenvalue weighted by Gasteiger charge is -2.38. The minimum absolute atomic E-state index is 0.0418. The third kappa shape index (κ3) is 7.07. The van der Waals surface area contributed by atoms with Crippen LogP contribution in [0.4, 0.5) is 4.39 Å². The van der Waals surface area contributed by atoms with Crippen LogP contribution < -0.4 is 5.32 Å². The maximum Gasteiger partial charge on any atom is 0.328 e. The SMILES string of the molecule is CC(=O)N[C@@H](CSSC1CCN(C(C(=O)C2CC2)c2ccccc2F)C/C1=C/C(=O)O)C(=O)O. The highest BCUT2D eigenvalue weighted by Gasteiger charge is 2.41. The lowest BCUT2D eigenvalue weighted by atomic mass is 9.93. The Hall–Kier alpha value is -2.37. The number of piperidine rings is 1. The molecule has 1 aromatic carbocycles. The molecule has 3 atom stereocenters. The molecule has 0 spiro atoms. The van der Waals surface area contributed by atoms with Gasteiger partial charge in [-0.3, -0.25) is 14.5 Å². The van der Waals surface area contributed by atoms with Crippen molar-refractivity contribution in [3.8, 4) is 0 Å². The van der Waals surface area contributed by atoms with E-state index in [0.29, 0.717) is 24.1 Å². The second-order valence-electron chi connectivity index (χ2n) is 8.38. The molecule has 2 unspecified atom stereocenters. The van der Waals surface area contributed by atoms with Gasteiger partial charge in [0, 0.05) is 48.6 Å². The number of nitrogens with one attached hydrogen (secondary N) is 1. The Morgan fingerprint density at radius 3 is 2.50 bits per heavy atom. The molecule has 11 heteroatoms. The van der Waals surface area contributed by atoms with Crippen molar-refractivity contribution in [3.63, 3.8) is 0 Å². The number of nitrogens with zero attached hydrogens (tertiary/aromatic N) is 1. The Labute approximate surface area is 204 Å². The number of Topliss-reactive ketones (excluding diaryl/α,β-unsaturated/α-hetero) is 1. The van der Waals surface area contributed by atoms with Crippen molar-refractivity contribution in [2.24, 2.45) is 5.92 Å². The second kappa shape index (κ2) is 11.9. The van der Waals surface area contributed by atoms with Crippen molar-refractivity contribution in [2.45, 2.75) is 43.5 Å². The van der Waals surface area contributed by atoms with Gasteiger partial charge in [0.1, 0.15) is 11.9 Å². The zero-order chi connectivity index (χ0) is 24.8. The van der Waals surface area contributed by atoms with Gasteiger partial charge in [-0.25, -0.2) is 14.0 Å². The van der Waals surface area contributed by atoms with E-state index in [0.717, 1.165) is 18.9 Å². The van der Waals surface area contributed by atoms with Gasteiger partial charge in [0.05, 0.1) is 6.04 Å². The topological polar surface area (TPSA) is 124 Å². The first-order valence-electron chi connectivity index (χ1n) is 10.9. The maximum absolute atomic E-state index is 14.6. The van der Waals surface area contributed by atoms with Gasteiger partial charge in [0.25, 0.3) is 0 Å². The van der Waals surface area contributed by atoms with E-state index in [1.807, 2.05) is 4.90 Å². The monoisotopic (exact) mass is 510 g/mol. The van der Waals surface area contributed by atoms with Crippen molar-refractivity contribution >= 4 is 45.2 Å². The molecular formula is C23H27FN2O6S2. The second-order valence-corrected chi connectivity index (χ2v) is 11.0. The van der Waals surface area contributed by atoms with Gasteiger partial charge in [-0.15, -0.1) is 0 Å². The molecular weight excluding hydrogens is 483 g/mol. The van der Waals surface area contributed by atoms with Crippen LogP contribution in [0, 0.1) is 11.7 Å². The first kappa shape index (κ1) is 26.2. The van der Waals surface area contributed by atoms with Crippen LogP contribution in [0.3, 0.4) is 0 Å². The minimum atomic E-state index is -1.15. The number of carboxylic acid groups (broad SMARTS) is 2. The van der Waals surface area contributed by atoms with E-state index >= 15 is 0 Å². The van der Waals surface area contributed by atoms with Crippen LogP contribution in [0.15, 0.2) is 35.9 Å². The molecule has 1 heterocycles. The molecule has 0 radical (unpaired) electrons. The molecule has 3 N–H and O–H groups in total. The van der Waals surface area contributed by atoms with E-state index in [-0.39, 0.29) is 29.2 Å². The van der Waals surface area contributed by atoms with Crippen molar-refractivity contribution in [1.82, 2.24) is 10.2 Å². The molecule has 34 heavy (non-hydrogen) atoms. The molecule has 0 aromatic heterocycles. The summed E-state index contributed by atoms with van der Waals surface area (Å²) >= 11 is 0. The number of aliphatic carboxylic acids is 2. The van der Waals surface area contributed by atoms with Crippen LogP contribution in [0.2, 0.25) is 0 Å². The number of carbonyl (C=O) groups excluding carboxylic acids is 2. The Kier molecular flexibility index (Phi) is 9.15. The number of hydrogen-bond acceptors (Lipinski definition) is 7. The number of hydrogen-bond donors (Lipinski definition) is 3.